The van der Waals surface area contributed by atoms with Crippen molar-refractivity contribution in [2.45, 2.75) is 12.8 Å². The van der Waals surface area contributed by atoms with Gasteiger partial charge in [0.2, 0.25) is 11.8 Å². The highest BCUT2D eigenvalue weighted by Gasteiger charge is 2.18. The van der Waals surface area contributed by atoms with Gasteiger partial charge in [0.15, 0.2) is 11.3 Å². The first-order valence-corrected chi connectivity index (χ1v) is 9.36. The van der Waals surface area contributed by atoms with Crippen LogP contribution in [-0.2, 0) is 9.53 Å². The molecule has 0 aliphatic carbocycles. The first-order valence-electron chi connectivity index (χ1n) is 9.36. The Labute approximate surface area is 171 Å². The molecule has 0 bridgehead atoms. The molecule has 4 rings (SSSR count). The van der Waals surface area contributed by atoms with E-state index < -0.39 is 5.91 Å². The number of carbonyl (C=O) groups is 1. The van der Waals surface area contributed by atoms with Gasteiger partial charge in [-0.15, -0.1) is 5.10 Å². The average molecular weight is 404 g/mol. The first-order chi connectivity index (χ1) is 14.5. The molecular weight excluding hydrogens is 384 g/mol. The summed E-state index contributed by atoms with van der Waals surface area (Å²) in [6.07, 6.45) is 7.48. The van der Waals surface area contributed by atoms with Crippen LogP contribution in [0, 0.1) is 10.8 Å². The summed E-state index contributed by atoms with van der Waals surface area (Å²) in [5.74, 6) is -0.168. The fourth-order valence-corrected chi connectivity index (χ4v) is 3.12. The van der Waals surface area contributed by atoms with E-state index in [0.29, 0.717) is 53.0 Å². The number of allylic oxidation sites excluding steroid dienone is 1. The SMILES string of the molecule is N=C(C1=COCC1)n1nc(OCC2=NC=C(C(N)=O)C=CC2)c2ccccc2c1=N. The van der Waals surface area contributed by atoms with Gasteiger partial charge in [-0.25, -0.2) is 0 Å². The van der Waals surface area contributed by atoms with Gasteiger partial charge >= 0.3 is 0 Å². The van der Waals surface area contributed by atoms with Crippen molar-refractivity contribution in [3.05, 3.63) is 65.5 Å². The predicted molar refractivity (Wildman–Crippen MR) is 111 cm³/mol. The van der Waals surface area contributed by atoms with Gasteiger partial charge in [-0.2, -0.15) is 4.68 Å². The van der Waals surface area contributed by atoms with E-state index in [1.807, 2.05) is 18.2 Å². The molecule has 4 N–H and O–H groups in total. The molecule has 3 heterocycles. The predicted octanol–water partition coefficient (Wildman–Crippen LogP) is 1.79. The van der Waals surface area contributed by atoms with E-state index >= 15 is 0 Å². The van der Waals surface area contributed by atoms with Gasteiger partial charge in [0.25, 0.3) is 0 Å². The molecule has 0 radical (unpaired) electrons. The van der Waals surface area contributed by atoms with Gasteiger partial charge in [0, 0.05) is 35.4 Å². The number of rotatable bonds is 5. The number of nitrogens with one attached hydrogen (secondary N) is 2. The van der Waals surface area contributed by atoms with E-state index in [1.165, 1.54) is 17.1 Å². The van der Waals surface area contributed by atoms with Crippen molar-refractivity contribution in [1.82, 2.24) is 9.78 Å². The molecule has 2 aliphatic rings. The first kappa shape index (κ1) is 19.3. The monoisotopic (exact) mass is 404 g/mol. The molecule has 152 valence electrons. The Morgan fingerprint density at radius 2 is 2.10 bits per heavy atom. The molecule has 0 atom stereocenters. The summed E-state index contributed by atoms with van der Waals surface area (Å²) in [6, 6.07) is 7.28. The third kappa shape index (κ3) is 3.77. The number of carbonyl (C=O) groups excluding carboxylic acids is 1. The zero-order chi connectivity index (χ0) is 21.1. The fourth-order valence-electron chi connectivity index (χ4n) is 3.12. The average Bonchev–Trinajstić information content (AvgIpc) is 3.18. The maximum absolute atomic E-state index is 11.3. The lowest BCUT2D eigenvalue weighted by molar-refractivity contribution is -0.114. The van der Waals surface area contributed by atoms with Gasteiger partial charge in [0.05, 0.1) is 24.2 Å². The van der Waals surface area contributed by atoms with Crippen LogP contribution in [0.25, 0.3) is 10.8 Å². The maximum Gasteiger partial charge on any atom is 0.250 e. The van der Waals surface area contributed by atoms with Crippen LogP contribution in [0.15, 0.2) is 65.0 Å². The second-order valence-corrected chi connectivity index (χ2v) is 6.76. The van der Waals surface area contributed by atoms with Crippen LogP contribution < -0.4 is 16.0 Å². The van der Waals surface area contributed by atoms with E-state index in [-0.39, 0.29) is 17.9 Å². The lowest BCUT2D eigenvalue weighted by Gasteiger charge is -2.14. The zero-order valence-electron chi connectivity index (χ0n) is 16.1. The van der Waals surface area contributed by atoms with Crippen molar-refractivity contribution >= 4 is 28.2 Å². The second-order valence-electron chi connectivity index (χ2n) is 6.76. The number of ether oxygens (including phenoxy) is 2. The molecule has 1 amide bonds. The number of hydrogen-bond acceptors (Lipinski definition) is 7. The minimum atomic E-state index is -0.541. The van der Waals surface area contributed by atoms with Gasteiger partial charge in [-0.1, -0.05) is 30.4 Å². The summed E-state index contributed by atoms with van der Waals surface area (Å²) < 4.78 is 12.4. The Morgan fingerprint density at radius 3 is 2.83 bits per heavy atom. The Bertz CT molecular complexity index is 1220. The number of aromatic nitrogens is 2. The van der Waals surface area contributed by atoms with Crippen molar-refractivity contribution in [2.75, 3.05) is 13.2 Å². The largest absolute Gasteiger partial charge is 0.500 e. The van der Waals surface area contributed by atoms with E-state index in [1.54, 1.807) is 18.2 Å². The van der Waals surface area contributed by atoms with Gasteiger partial charge in [-0.3, -0.25) is 20.6 Å². The summed E-state index contributed by atoms with van der Waals surface area (Å²) in [6.45, 7) is 0.650. The molecule has 1 aromatic heterocycles. The number of benzene rings is 1. The molecule has 2 aromatic rings. The van der Waals surface area contributed by atoms with Crippen LogP contribution >= 0.6 is 0 Å². The van der Waals surface area contributed by atoms with Crippen molar-refractivity contribution in [3.8, 4) is 5.88 Å². The third-order valence-corrected chi connectivity index (χ3v) is 4.74. The van der Waals surface area contributed by atoms with Crippen LogP contribution in [0.4, 0.5) is 0 Å². The Kier molecular flexibility index (Phi) is 5.25. The lowest BCUT2D eigenvalue weighted by atomic mass is 10.1. The normalized spacial score (nSPS) is 15.7. The lowest BCUT2D eigenvalue weighted by Crippen LogP contribution is -2.31. The fraction of sp³-hybridized carbons (Fsp3) is 0.190. The number of fused-ring (bicyclic) bond motifs is 1. The quantitative estimate of drug-likeness (QED) is 0.516. The van der Waals surface area contributed by atoms with Crippen molar-refractivity contribution in [2.24, 2.45) is 10.7 Å². The highest BCUT2D eigenvalue weighted by molar-refractivity contribution is 5.99. The molecule has 0 spiro atoms. The van der Waals surface area contributed by atoms with Crippen molar-refractivity contribution < 1.29 is 14.3 Å². The molecule has 0 unspecified atom stereocenters. The standard InChI is InChI=1S/C21H20N6O3/c22-18(14-8-9-29-11-14)27-19(23)16-6-1-2-7-17(16)21(26-27)30-12-15-5-3-4-13(10-25-15)20(24)28/h1-4,6-7,10-11,22-23H,5,8-9,12H2,(H2,24,28). The Morgan fingerprint density at radius 1 is 1.30 bits per heavy atom. The van der Waals surface area contributed by atoms with Crippen LogP contribution in [0.5, 0.6) is 5.88 Å². The van der Waals surface area contributed by atoms with E-state index in [4.69, 9.17) is 26.0 Å². The van der Waals surface area contributed by atoms with E-state index in [9.17, 15) is 4.79 Å². The number of primary amides is 1. The second kappa shape index (κ2) is 8.16. The summed E-state index contributed by atoms with van der Waals surface area (Å²) in [5, 5.41) is 22.7. The highest BCUT2D eigenvalue weighted by Crippen LogP contribution is 2.21. The van der Waals surface area contributed by atoms with Crippen molar-refractivity contribution in [3.63, 3.8) is 0 Å². The molecular formula is C21H20N6O3. The van der Waals surface area contributed by atoms with Gasteiger partial charge in [-0.05, 0) is 6.07 Å². The minimum absolute atomic E-state index is 0.0804. The highest BCUT2D eigenvalue weighted by atomic mass is 16.5. The van der Waals surface area contributed by atoms with Crippen LogP contribution in [0.2, 0.25) is 0 Å². The number of aliphatic imine (C=N–C) groups is 1. The molecule has 2 aliphatic heterocycles. The van der Waals surface area contributed by atoms with Crippen molar-refractivity contribution in [1.29, 1.82) is 10.8 Å². The number of hydrogen-bond donors (Lipinski definition) is 3. The van der Waals surface area contributed by atoms with Crippen LogP contribution in [0.1, 0.15) is 12.8 Å². The Balaban J connectivity index is 1.68. The third-order valence-electron chi connectivity index (χ3n) is 4.74. The Hall–Kier alpha value is -4.01. The van der Waals surface area contributed by atoms with E-state index in [0.717, 1.165) is 0 Å². The van der Waals surface area contributed by atoms with Gasteiger partial charge in [0.1, 0.15) is 6.61 Å². The number of amides is 1. The molecule has 0 saturated heterocycles. The summed E-state index contributed by atoms with van der Waals surface area (Å²) >= 11 is 0. The smallest absolute Gasteiger partial charge is 0.250 e. The van der Waals surface area contributed by atoms with Crippen LogP contribution in [-0.4, -0.2) is 40.4 Å². The molecule has 9 heteroatoms. The molecule has 0 fully saturated rings. The summed E-state index contributed by atoms with van der Waals surface area (Å²) in [7, 11) is 0. The van der Waals surface area contributed by atoms with Crippen LogP contribution in [0.3, 0.4) is 0 Å². The summed E-state index contributed by atoms with van der Waals surface area (Å²) in [5.41, 5.74) is 7.08. The minimum Gasteiger partial charge on any atom is -0.500 e. The molecule has 1 aromatic carbocycles. The number of nitrogens with two attached hydrogens (primary N) is 1. The van der Waals surface area contributed by atoms with E-state index in [2.05, 4.69) is 10.1 Å². The summed E-state index contributed by atoms with van der Waals surface area (Å²) in [4.78, 5) is 15.6. The molecule has 0 saturated carbocycles. The molecule has 9 nitrogen and oxygen atoms in total. The van der Waals surface area contributed by atoms with Gasteiger partial charge < -0.3 is 15.2 Å². The zero-order valence-corrected chi connectivity index (χ0v) is 16.1. The maximum atomic E-state index is 11.3. The molecule has 30 heavy (non-hydrogen) atoms. The number of nitrogens with zero attached hydrogens (tertiary/aromatic N) is 3. The topological polar surface area (TPSA) is 139 Å².